The molecule has 1 fully saturated rings. The first-order valence-electron chi connectivity index (χ1n) is 8.44. The van der Waals surface area contributed by atoms with Crippen molar-refractivity contribution >= 4 is 57.9 Å². The van der Waals surface area contributed by atoms with Gasteiger partial charge < -0.3 is 5.32 Å². The van der Waals surface area contributed by atoms with Gasteiger partial charge in [0.1, 0.15) is 0 Å². The predicted molar refractivity (Wildman–Crippen MR) is 112 cm³/mol. The van der Waals surface area contributed by atoms with E-state index in [2.05, 4.69) is 20.1 Å². The highest BCUT2D eigenvalue weighted by Gasteiger charge is 2.31. The first-order valence-corrected chi connectivity index (χ1v) is 11.0. The van der Waals surface area contributed by atoms with Gasteiger partial charge in [-0.2, -0.15) is 0 Å². The summed E-state index contributed by atoms with van der Waals surface area (Å²) in [6.07, 6.45) is 2.23. The van der Waals surface area contributed by atoms with Crippen LogP contribution < -0.4 is 5.32 Å². The van der Waals surface area contributed by atoms with E-state index in [-0.39, 0.29) is 11.2 Å². The van der Waals surface area contributed by atoms with Crippen molar-refractivity contribution in [3.8, 4) is 10.7 Å². The Balaban J connectivity index is 1.51. The summed E-state index contributed by atoms with van der Waals surface area (Å²) in [7, 11) is 0. The SMILES string of the molecule is C[C@@H](Sc1nnc(-c2cccs2)n1C1CC1)C(=O)Nc1ccc(Cl)cc1Cl. The number of aromatic nitrogens is 3. The van der Waals surface area contributed by atoms with Gasteiger partial charge in [-0.15, -0.1) is 21.5 Å². The van der Waals surface area contributed by atoms with E-state index < -0.39 is 0 Å². The highest BCUT2D eigenvalue weighted by atomic mass is 35.5. The van der Waals surface area contributed by atoms with Crippen LogP contribution in [0.5, 0.6) is 0 Å². The van der Waals surface area contributed by atoms with E-state index in [9.17, 15) is 4.79 Å². The summed E-state index contributed by atoms with van der Waals surface area (Å²) < 4.78 is 2.16. The third-order valence-electron chi connectivity index (χ3n) is 4.16. The summed E-state index contributed by atoms with van der Waals surface area (Å²) in [6, 6.07) is 9.46. The lowest BCUT2D eigenvalue weighted by Gasteiger charge is -2.14. The number of hydrogen-bond donors (Lipinski definition) is 1. The quantitative estimate of drug-likeness (QED) is 0.496. The molecular weight excluding hydrogens is 423 g/mol. The van der Waals surface area contributed by atoms with Gasteiger partial charge in [-0.05, 0) is 49.4 Å². The van der Waals surface area contributed by atoms with Gasteiger partial charge in [0, 0.05) is 11.1 Å². The summed E-state index contributed by atoms with van der Waals surface area (Å²) in [5.41, 5.74) is 0.543. The van der Waals surface area contributed by atoms with Gasteiger partial charge in [0.05, 0.1) is 20.8 Å². The molecule has 140 valence electrons. The van der Waals surface area contributed by atoms with E-state index in [1.807, 2.05) is 24.4 Å². The maximum absolute atomic E-state index is 12.6. The van der Waals surface area contributed by atoms with Crippen LogP contribution in [-0.2, 0) is 4.79 Å². The van der Waals surface area contributed by atoms with Crippen molar-refractivity contribution in [2.75, 3.05) is 5.32 Å². The average molecular weight is 439 g/mol. The van der Waals surface area contributed by atoms with Gasteiger partial charge in [0.2, 0.25) is 5.91 Å². The number of halogens is 2. The number of nitrogens with zero attached hydrogens (tertiary/aromatic N) is 3. The molecule has 9 heteroatoms. The van der Waals surface area contributed by atoms with Crippen LogP contribution in [0, 0.1) is 0 Å². The van der Waals surface area contributed by atoms with Gasteiger partial charge in [0.25, 0.3) is 0 Å². The summed E-state index contributed by atoms with van der Waals surface area (Å²) in [4.78, 5) is 13.7. The van der Waals surface area contributed by atoms with Gasteiger partial charge in [-0.25, -0.2) is 0 Å². The number of carbonyl (C=O) groups excluding carboxylic acids is 1. The molecule has 2 heterocycles. The van der Waals surface area contributed by atoms with Crippen molar-refractivity contribution in [3.63, 3.8) is 0 Å². The van der Waals surface area contributed by atoms with Crippen molar-refractivity contribution in [3.05, 3.63) is 45.8 Å². The first-order chi connectivity index (χ1) is 13.0. The monoisotopic (exact) mass is 438 g/mol. The fraction of sp³-hybridized carbons (Fsp3) is 0.278. The lowest BCUT2D eigenvalue weighted by atomic mass is 10.3. The molecule has 0 radical (unpaired) electrons. The molecule has 0 bridgehead atoms. The molecule has 1 N–H and O–H groups in total. The molecule has 1 aliphatic carbocycles. The van der Waals surface area contributed by atoms with E-state index in [0.29, 0.717) is 21.8 Å². The average Bonchev–Trinajstić information content (AvgIpc) is 3.16. The van der Waals surface area contributed by atoms with Gasteiger partial charge in [0.15, 0.2) is 11.0 Å². The number of amides is 1. The van der Waals surface area contributed by atoms with Crippen molar-refractivity contribution in [2.45, 2.75) is 36.2 Å². The highest BCUT2D eigenvalue weighted by molar-refractivity contribution is 8.00. The fourth-order valence-electron chi connectivity index (χ4n) is 2.63. The van der Waals surface area contributed by atoms with Crippen LogP contribution in [0.4, 0.5) is 5.69 Å². The fourth-order valence-corrected chi connectivity index (χ4v) is 4.71. The molecule has 1 saturated carbocycles. The van der Waals surface area contributed by atoms with E-state index in [1.165, 1.54) is 11.8 Å². The standard InChI is InChI=1S/C18H16Cl2N4OS2/c1-10(17(25)21-14-7-4-11(19)9-13(14)20)27-18-23-22-16(15-3-2-8-26-15)24(18)12-5-6-12/h2-4,7-10,12H,5-6H2,1H3,(H,21,25)/t10-/m1/s1. The second-order valence-corrected chi connectivity index (χ2v) is 9.36. The molecule has 3 aromatic rings. The summed E-state index contributed by atoms with van der Waals surface area (Å²) >= 11 is 15.1. The number of anilines is 1. The van der Waals surface area contributed by atoms with E-state index in [4.69, 9.17) is 23.2 Å². The van der Waals surface area contributed by atoms with Crippen LogP contribution >= 0.6 is 46.3 Å². The molecule has 2 aromatic heterocycles. The third-order valence-corrected chi connectivity index (χ3v) is 6.63. The Bertz CT molecular complexity index is 970. The Morgan fingerprint density at radius 3 is 2.81 bits per heavy atom. The molecule has 27 heavy (non-hydrogen) atoms. The maximum Gasteiger partial charge on any atom is 0.237 e. The minimum atomic E-state index is -0.352. The number of hydrogen-bond acceptors (Lipinski definition) is 5. The van der Waals surface area contributed by atoms with Crippen LogP contribution in [0.1, 0.15) is 25.8 Å². The molecule has 0 saturated heterocycles. The zero-order chi connectivity index (χ0) is 19.0. The van der Waals surface area contributed by atoms with Gasteiger partial charge in [-0.3, -0.25) is 9.36 Å². The van der Waals surface area contributed by atoms with Gasteiger partial charge in [-0.1, -0.05) is 41.0 Å². The van der Waals surface area contributed by atoms with Crippen molar-refractivity contribution < 1.29 is 4.79 Å². The molecule has 0 unspecified atom stereocenters. The van der Waals surface area contributed by atoms with Crippen molar-refractivity contribution in [2.24, 2.45) is 0 Å². The Labute approximate surface area is 175 Å². The summed E-state index contributed by atoms with van der Waals surface area (Å²) in [6.45, 7) is 1.85. The number of carbonyl (C=O) groups is 1. The lowest BCUT2D eigenvalue weighted by Crippen LogP contribution is -2.23. The van der Waals surface area contributed by atoms with Crippen molar-refractivity contribution in [1.29, 1.82) is 0 Å². The van der Waals surface area contributed by atoms with E-state index in [0.717, 1.165) is 28.7 Å². The third kappa shape index (κ3) is 4.16. The Hall–Kier alpha value is -1.54. The number of thiophene rings is 1. The smallest absolute Gasteiger partial charge is 0.237 e. The Kier molecular flexibility index (Phi) is 5.45. The zero-order valence-electron chi connectivity index (χ0n) is 14.4. The van der Waals surface area contributed by atoms with Gasteiger partial charge >= 0.3 is 0 Å². The molecule has 1 atom stereocenters. The Morgan fingerprint density at radius 1 is 1.33 bits per heavy atom. The zero-order valence-corrected chi connectivity index (χ0v) is 17.5. The number of rotatable bonds is 6. The normalized spacial score (nSPS) is 14.9. The second kappa shape index (κ2) is 7.83. The summed E-state index contributed by atoms with van der Waals surface area (Å²) in [5, 5.41) is 15.0. The topological polar surface area (TPSA) is 59.8 Å². The number of thioether (sulfide) groups is 1. The van der Waals surface area contributed by atoms with Crippen LogP contribution in [0.2, 0.25) is 10.0 Å². The minimum Gasteiger partial charge on any atom is -0.324 e. The van der Waals surface area contributed by atoms with Crippen LogP contribution in [-0.4, -0.2) is 25.9 Å². The molecule has 5 nitrogen and oxygen atoms in total. The minimum absolute atomic E-state index is 0.146. The van der Waals surface area contributed by atoms with Crippen LogP contribution in [0.3, 0.4) is 0 Å². The lowest BCUT2D eigenvalue weighted by molar-refractivity contribution is -0.115. The van der Waals surface area contributed by atoms with Crippen LogP contribution in [0.15, 0.2) is 40.9 Å². The highest BCUT2D eigenvalue weighted by Crippen LogP contribution is 2.42. The van der Waals surface area contributed by atoms with E-state index >= 15 is 0 Å². The molecule has 4 rings (SSSR count). The predicted octanol–water partition coefficient (Wildman–Crippen LogP) is 5.77. The van der Waals surface area contributed by atoms with Crippen LogP contribution in [0.25, 0.3) is 10.7 Å². The molecule has 0 aliphatic heterocycles. The molecule has 1 aliphatic rings. The Morgan fingerprint density at radius 2 is 2.15 bits per heavy atom. The first kappa shape index (κ1) is 18.8. The largest absolute Gasteiger partial charge is 0.324 e. The van der Waals surface area contributed by atoms with Crippen molar-refractivity contribution in [1.82, 2.24) is 14.8 Å². The van der Waals surface area contributed by atoms with E-state index in [1.54, 1.807) is 29.5 Å². The maximum atomic E-state index is 12.6. The summed E-state index contributed by atoms with van der Waals surface area (Å²) in [5.74, 6) is 0.732. The molecule has 1 aromatic carbocycles. The molecule has 0 spiro atoms. The second-order valence-electron chi connectivity index (χ2n) is 6.26. The molecular formula is C18H16Cl2N4OS2. The molecule has 1 amide bonds. The number of nitrogens with one attached hydrogen (secondary N) is 1. The number of benzene rings is 1.